The Balaban J connectivity index is 1.58. The molecule has 0 saturated heterocycles. The molecule has 2 aliphatic rings. The van der Waals surface area contributed by atoms with E-state index in [0.717, 1.165) is 17.3 Å². The summed E-state index contributed by atoms with van der Waals surface area (Å²) in [5.74, 6) is -0.722. The number of carbonyl (C=O) groups excluding carboxylic acids is 2. The highest BCUT2D eigenvalue weighted by atomic mass is 19.1. The second kappa shape index (κ2) is 7.13. The normalized spacial score (nSPS) is 17.6. The first-order valence-electron chi connectivity index (χ1n) is 9.78. The zero-order chi connectivity index (χ0) is 21.6. The zero-order valence-corrected chi connectivity index (χ0v) is 17.2. The molecule has 1 aromatic heterocycles. The monoisotopic (exact) mass is 410 g/mol. The summed E-state index contributed by atoms with van der Waals surface area (Å²) in [5, 5.41) is 16.4. The topological polar surface area (TPSA) is 94.3 Å². The minimum Gasteiger partial charge on any atom is -0.340 e. The Labute approximate surface area is 173 Å². The molecule has 3 amide bonds. The molecule has 0 unspecified atom stereocenters. The molecule has 1 N–H and O–H groups in total. The Morgan fingerprint density at radius 1 is 1.33 bits per heavy atom. The van der Waals surface area contributed by atoms with Crippen LogP contribution in [0.5, 0.6) is 0 Å². The molecule has 0 atom stereocenters. The average Bonchev–Trinajstić information content (AvgIpc) is 3.00. The molecule has 1 aromatic carbocycles. The van der Waals surface area contributed by atoms with E-state index < -0.39 is 5.82 Å². The Kier molecular flexibility index (Phi) is 4.73. The van der Waals surface area contributed by atoms with E-state index in [9.17, 15) is 14.0 Å². The quantitative estimate of drug-likeness (QED) is 0.782. The smallest absolute Gasteiger partial charge is 0.322 e. The molecule has 0 fully saturated rings. The number of rotatable bonds is 1. The van der Waals surface area contributed by atoms with Gasteiger partial charge in [0.15, 0.2) is 0 Å². The summed E-state index contributed by atoms with van der Waals surface area (Å²) >= 11 is 0. The molecule has 2 aromatic rings. The molecule has 9 heteroatoms. The number of nitrogens with zero attached hydrogens (tertiary/aromatic N) is 5. The number of carbonyl (C=O) groups is 2. The maximum absolute atomic E-state index is 13.5. The second-order valence-electron chi connectivity index (χ2n) is 8.67. The van der Waals surface area contributed by atoms with Crippen LogP contribution in [0.2, 0.25) is 0 Å². The van der Waals surface area contributed by atoms with E-state index in [4.69, 9.17) is 5.26 Å². The van der Waals surface area contributed by atoms with Crippen LogP contribution >= 0.6 is 0 Å². The van der Waals surface area contributed by atoms with Gasteiger partial charge in [-0.1, -0.05) is 13.8 Å². The van der Waals surface area contributed by atoms with E-state index in [0.29, 0.717) is 37.4 Å². The molecule has 8 nitrogen and oxygen atoms in total. The van der Waals surface area contributed by atoms with Crippen LogP contribution in [-0.4, -0.2) is 51.7 Å². The molecule has 2 aliphatic heterocycles. The van der Waals surface area contributed by atoms with E-state index in [1.54, 1.807) is 27.6 Å². The summed E-state index contributed by atoms with van der Waals surface area (Å²) in [6, 6.07) is 5.25. The summed E-state index contributed by atoms with van der Waals surface area (Å²) < 4.78 is 15.3. The number of anilines is 1. The van der Waals surface area contributed by atoms with Crippen molar-refractivity contribution in [3.05, 3.63) is 46.5 Å². The molecule has 0 aliphatic carbocycles. The predicted octanol–water partition coefficient (Wildman–Crippen LogP) is 2.60. The molecule has 30 heavy (non-hydrogen) atoms. The fraction of sp³-hybridized carbons (Fsp3) is 0.429. The lowest BCUT2D eigenvalue weighted by Gasteiger charge is -2.28. The number of hydrogen-bond donors (Lipinski definition) is 1. The SMILES string of the molecule is CN1CC(C)(C)Cn2nc3c(c2C1=O)CN(C(=O)Nc1ccc(F)c(C#N)c1)CC3. The standard InChI is InChI=1S/C21H23FN6O2/c1-21(2)11-26(3)19(29)18-15-10-27(7-6-17(15)25-28(18)12-21)20(30)24-14-4-5-16(22)13(8-14)9-23/h4-5,8H,6-7,10-12H2,1-3H3,(H,24,30). The second-order valence-corrected chi connectivity index (χ2v) is 8.67. The van der Waals surface area contributed by atoms with Crippen LogP contribution in [0.15, 0.2) is 18.2 Å². The number of amides is 3. The number of nitrogens with one attached hydrogen (secondary N) is 1. The highest BCUT2D eigenvalue weighted by Gasteiger charge is 2.37. The summed E-state index contributed by atoms with van der Waals surface area (Å²) in [4.78, 5) is 29.1. The summed E-state index contributed by atoms with van der Waals surface area (Å²) in [7, 11) is 1.79. The third-order valence-corrected chi connectivity index (χ3v) is 5.52. The Morgan fingerprint density at radius 3 is 2.83 bits per heavy atom. The van der Waals surface area contributed by atoms with Crippen molar-refractivity contribution in [2.75, 3.05) is 25.5 Å². The number of aromatic nitrogens is 2. The highest BCUT2D eigenvalue weighted by molar-refractivity contribution is 5.95. The molecule has 4 rings (SSSR count). The van der Waals surface area contributed by atoms with Crippen molar-refractivity contribution >= 4 is 17.6 Å². The van der Waals surface area contributed by atoms with Gasteiger partial charge in [-0.15, -0.1) is 0 Å². The van der Waals surface area contributed by atoms with Gasteiger partial charge in [-0.3, -0.25) is 9.48 Å². The van der Waals surface area contributed by atoms with Gasteiger partial charge in [0.2, 0.25) is 0 Å². The minimum absolute atomic E-state index is 0.0891. The van der Waals surface area contributed by atoms with Crippen molar-refractivity contribution in [2.45, 2.75) is 33.4 Å². The van der Waals surface area contributed by atoms with Gasteiger partial charge in [-0.2, -0.15) is 10.4 Å². The lowest BCUT2D eigenvalue weighted by molar-refractivity contribution is 0.0751. The van der Waals surface area contributed by atoms with Gasteiger partial charge in [0.1, 0.15) is 17.6 Å². The molecule has 3 heterocycles. The zero-order valence-electron chi connectivity index (χ0n) is 17.2. The Bertz CT molecular complexity index is 1080. The van der Waals surface area contributed by atoms with Gasteiger partial charge >= 0.3 is 6.03 Å². The number of halogens is 1. The van der Waals surface area contributed by atoms with Crippen LogP contribution < -0.4 is 5.32 Å². The van der Waals surface area contributed by atoms with Crippen LogP contribution in [0.25, 0.3) is 0 Å². The molecule has 0 spiro atoms. The van der Waals surface area contributed by atoms with Gasteiger partial charge in [0, 0.05) is 49.8 Å². The Hall–Kier alpha value is -3.41. The van der Waals surface area contributed by atoms with Gasteiger partial charge in [0.05, 0.1) is 17.8 Å². The summed E-state index contributed by atoms with van der Waals surface area (Å²) in [5.41, 5.74) is 2.28. The van der Waals surface area contributed by atoms with Crippen LogP contribution in [0.1, 0.15) is 41.2 Å². The molecule has 156 valence electrons. The first kappa shape index (κ1) is 19.9. The minimum atomic E-state index is -0.633. The molecule has 0 saturated carbocycles. The van der Waals surface area contributed by atoms with E-state index in [2.05, 4.69) is 24.3 Å². The van der Waals surface area contributed by atoms with Crippen molar-refractivity contribution in [1.29, 1.82) is 5.26 Å². The van der Waals surface area contributed by atoms with Crippen molar-refractivity contribution in [2.24, 2.45) is 5.41 Å². The lowest BCUT2D eigenvalue weighted by atomic mass is 9.93. The van der Waals surface area contributed by atoms with Gasteiger partial charge in [0.25, 0.3) is 5.91 Å². The first-order chi connectivity index (χ1) is 14.2. The number of hydrogen-bond acceptors (Lipinski definition) is 4. The van der Waals surface area contributed by atoms with Crippen LogP contribution in [0.3, 0.4) is 0 Å². The third kappa shape index (κ3) is 3.49. The van der Waals surface area contributed by atoms with E-state index >= 15 is 0 Å². The van der Waals surface area contributed by atoms with Crippen molar-refractivity contribution in [3.8, 4) is 6.07 Å². The van der Waals surface area contributed by atoms with Crippen molar-refractivity contribution in [3.63, 3.8) is 0 Å². The fourth-order valence-electron chi connectivity index (χ4n) is 4.19. The molecule has 0 bridgehead atoms. The third-order valence-electron chi connectivity index (χ3n) is 5.52. The highest BCUT2D eigenvalue weighted by Crippen LogP contribution is 2.30. The van der Waals surface area contributed by atoms with Crippen molar-refractivity contribution in [1.82, 2.24) is 19.6 Å². The van der Waals surface area contributed by atoms with Crippen LogP contribution in [0, 0.1) is 22.6 Å². The van der Waals surface area contributed by atoms with Crippen LogP contribution in [-0.2, 0) is 19.5 Å². The van der Waals surface area contributed by atoms with E-state index in [1.165, 1.54) is 12.1 Å². The predicted molar refractivity (Wildman–Crippen MR) is 107 cm³/mol. The number of benzene rings is 1. The largest absolute Gasteiger partial charge is 0.340 e. The molecule has 0 radical (unpaired) electrons. The Morgan fingerprint density at radius 2 is 2.10 bits per heavy atom. The van der Waals surface area contributed by atoms with Crippen molar-refractivity contribution < 1.29 is 14.0 Å². The summed E-state index contributed by atoms with van der Waals surface area (Å²) in [6.07, 6.45) is 0.549. The van der Waals surface area contributed by atoms with E-state index in [-0.39, 0.29) is 29.5 Å². The number of fused-ring (bicyclic) bond motifs is 3. The first-order valence-corrected chi connectivity index (χ1v) is 9.78. The maximum Gasteiger partial charge on any atom is 0.322 e. The van der Waals surface area contributed by atoms with E-state index in [1.807, 2.05) is 0 Å². The van der Waals surface area contributed by atoms with Gasteiger partial charge in [-0.05, 0) is 18.2 Å². The number of urea groups is 1. The summed E-state index contributed by atoms with van der Waals surface area (Å²) in [6.45, 7) is 6.18. The van der Waals surface area contributed by atoms with Crippen LogP contribution in [0.4, 0.5) is 14.9 Å². The number of nitriles is 1. The van der Waals surface area contributed by atoms with Gasteiger partial charge in [-0.25, -0.2) is 9.18 Å². The molecular weight excluding hydrogens is 387 g/mol. The maximum atomic E-state index is 13.5. The fourth-order valence-corrected chi connectivity index (χ4v) is 4.19. The van der Waals surface area contributed by atoms with Gasteiger partial charge < -0.3 is 15.1 Å². The average molecular weight is 410 g/mol. The molecular formula is C21H23FN6O2. The lowest BCUT2D eigenvalue weighted by Crippen LogP contribution is -2.40.